The van der Waals surface area contributed by atoms with E-state index in [9.17, 15) is 5.11 Å². The van der Waals surface area contributed by atoms with Crippen LogP contribution in [0, 0.1) is 0 Å². The van der Waals surface area contributed by atoms with Crippen LogP contribution in [0.25, 0.3) is 11.2 Å². The molecule has 4 rings (SSSR count). The number of morpholine rings is 1. The van der Waals surface area contributed by atoms with Crippen molar-refractivity contribution in [3.05, 3.63) is 12.7 Å². The van der Waals surface area contributed by atoms with Crippen LogP contribution in [-0.2, 0) is 4.74 Å². The molecule has 26 heavy (non-hydrogen) atoms. The molecule has 3 N–H and O–H groups in total. The average molecular weight is 362 g/mol. The molecule has 1 aliphatic heterocycles. The molecule has 0 aromatic carbocycles. The van der Waals surface area contributed by atoms with E-state index in [0.29, 0.717) is 29.6 Å². The highest BCUT2D eigenvalue weighted by Crippen LogP contribution is 2.30. The number of aromatic nitrogens is 4. The number of fused-ring (bicyclic) bond motifs is 1. The molecule has 9 nitrogen and oxygen atoms in total. The van der Waals surface area contributed by atoms with Crippen molar-refractivity contribution in [1.82, 2.24) is 24.4 Å². The molecule has 142 valence electrons. The molecule has 0 unspecified atom stereocenters. The van der Waals surface area contributed by atoms with E-state index in [-0.39, 0.29) is 25.5 Å². The fourth-order valence-corrected chi connectivity index (χ4v) is 4.03. The summed E-state index contributed by atoms with van der Waals surface area (Å²) < 4.78 is 8.03. The zero-order valence-corrected chi connectivity index (χ0v) is 14.8. The lowest BCUT2D eigenvalue weighted by Crippen LogP contribution is -2.50. The zero-order valence-electron chi connectivity index (χ0n) is 14.8. The molecule has 1 saturated heterocycles. The molecule has 1 saturated carbocycles. The van der Waals surface area contributed by atoms with Crippen molar-refractivity contribution < 1.29 is 14.9 Å². The molecular weight excluding hydrogens is 336 g/mol. The molecule has 2 aliphatic rings. The Morgan fingerprint density at radius 3 is 2.77 bits per heavy atom. The predicted octanol–water partition coefficient (Wildman–Crippen LogP) is 0.365. The van der Waals surface area contributed by atoms with Crippen molar-refractivity contribution in [3.8, 4) is 0 Å². The molecule has 9 heteroatoms. The third-order valence-corrected chi connectivity index (χ3v) is 5.30. The van der Waals surface area contributed by atoms with Crippen molar-refractivity contribution in [2.75, 3.05) is 38.2 Å². The number of rotatable bonds is 6. The molecule has 3 heterocycles. The number of hydrogen-bond acceptors (Lipinski definition) is 8. The number of ether oxygens (including phenoxy) is 1. The van der Waals surface area contributed by atoms with Gasteiger partial charge in [0, 0.05) is 25.7 Å². The molecular formula is C17H26N6O3. The zero-order chi connectivity index (χ0) is 17.9. The van der Waals surface area contributed by atoms with Gasteiger partial charge in [-0.1, -0.05) is 12.8 Å². The first-order valence-corrected chi connectivity index (χ1v) is 9.32. The monoisotopic (exact) mass is 362 g/mol. The summed E-state index contributed by atoms with van der Waals surface area (Å²) in [5, 5.41) is 21.8. The Hall–Kier alpha value is -1.81. The topological polar surface area (TPSA) is 109 Å². The third kappa shape index (κ3) is 3.39. The number of imidazole rings is 1. The minimum Gasteiger partial charge on any atom is -0.395 e. The summed E-state index contributed by atoms with van der Waals surface area (Å²) >= 11 is 0. The molecule has 0 amide bonds. The van der Waals surface area contributed by atoms with Crippen LogP contribution in [0.2, 0.25) is 0 Å². The summed E-state index contributed by atoms with van der Waals surface area (Å²) in [5.41, 5.74) is 1.35. The molecule has 0 radical (unpaired) electrons. The lowest BCUT2D eigenvalue weighted by molar-refractivity contribution is -0.141. The summed E-state index contributed by atoms with van der Waals surface area (Å²) in [4.78, 5) is 15.5. The van der Waals surface area contributed by atoms with Crippen LogP contribution in [0.5, 0.6) is 0 Å². The standard InChI is InChI=1S/C17H26N6O3/c24-6-5-18-16-15-17(20-10-19-16)23(11-21-15)14-8-22(7-13(9-25)26-14)12-3-1-2-4-12/h10-14,24-25H,1-9H2,(H,18,19,20)/t13-,14+/m0/s1. The largest absolute Gasteiger partial charge is 0.395 e. The van der Waals surface area contributed by atoms with Crippen LogP contribution >= 0.6 is 0 Å². The first kappa shape index (κ1) is 17.6. The van der Waals surface area contributed by atoms with Gasteiger partial charge in [-0.15, -0.1) is 0 Å². The summed E-state index contributed by atoms with van der Waals surface area (Å²) in [6, 6.07) is 0.571. The van der Waals surface area contributed by atoms with E-state index in [2.05, 4.69) is 25.2 Å². The number of hydrogen-bond donors (Lipinski definition) is 3. The SMILES string of the molecule is OCCNc1ncnc2c1ncn2[C@H]1CN(C2CCCC2)C[C@@H](CO)O1. The van der Waals surface area contributed by atoms with Gasteiger partial charge >= 0.3 is 0 Å². The van der Waals surface area contributed by atoms with Gasteiger partial charge in [0.2, 0.25) is 0 Å². The van der Waals surface area contributed by atoms with E-state index in [0.717, 1.165) is 13.1 Å². The number of anilines is 1. The predicted molar refractivity (Wildman–Crippen MR) is 95.7 cm³/mol. The van der Waals surface area contributed by atoms with E-state index in [1.165, 1.54) is 32.0 Å². The van der Waals surface area contributed by atoms with E-state index in [1.807, 2.05) is 4.57 Å². The van der Waals surface area contributed by atoms with Gasteiger partial charge < -0.3 is 20.3 Å². The van der Waals surface area contributed by atoms with Crippen LogP contribution in [-0.4, -0.2) is 79.6 Å². The Balaban J connectivity index is 1.60. The van der Waals surface area contributed by atoms with Crippen molar-refractivity contribution in [2.45, 2.75) is 44.1 Å². The maximum absolute atomic E-state index is 9.69. The highest BCUT2D eigenvalue weighted by atomic mass is 16.5. The van der Waals surface area contributed by atoms with Gasteiger partial charge in [-0.05, 0) is 12.8 Å². The van der Waals surface area contributed by atoms with Crippen molar-refractivity contribution in [3.63, 3.8) is 0 Å². The molecule has 2 fully saturated rings. The number of nitrogens with one attached hydrogen (secondary N) is 1. The molecule has 2 aromatic rings. The molecule has 1 aliphatic carbocycles. The van der Waals surface area contributed by atoms with Crippen molar-refractivity contribution >= 4 is 17.0 Å². The maximum atomic E-state index is 9.69. The second-order valence-corrected chi connectivity index (χ2v) is 6.98. The second-order valence-electron chi connectivity index (χ2n) is 6.98. The normalized spacial score (nSPS) is 25.2. The molecule has 0 bridgehead atoms. The van der Waals surface area contributed by atoms with Crippen LogP contribution in [0.4, 0.5) is 5.82 Å². The van der Waals surface area contributed by atoms with Gasteiger partial charge in [0.25, 0.3) is 0 Å². The van der Waals surface area contributed by atoms with Crippen LogP contribution in [0.15, 0.2) is 12.7 Å². The maximum Gasteiger partial charge on any atom is 0.167 e. The first-order valence-electron chi connectivity index (χ1n) is 9.32. The van der Waals surface area contributed by atoms with Gasteiger partial charge in [0.05, 0.1) is 25.6 Å². The highest BCUT2D eigenvalue weighted by molar-refractivity contribution is 5.82. The van der Waals surface area contributed by atoms with Gasteiger partial charge in [0.15, 0.2) is 17.0 Å². The van der Waals surface area contributed by atoms with Crippen molar-refractivity contribution in [1.29, 1.82) is 0 Å². The second kappa shape index (κ2) is 7.83. The Labute approximate surface area is 152 Å². The Morgan fingerprint density at radius 1 is 1.15 bits per heavy atom. The van der Waals surface area contributed by atoms with Gasteiger partial charge in [-0.25, -0.2) is 15.0 Å². The summed E-state index contributed by atoms with van der Waals surface area (Å²) in [6.07, 6.45) is 7.74. The minimum atomic E-state index is -0.243. The highest BCUT2D eigenvalue weighted by Gasteiger charge is 2.34. The van der Waals surface area contributed by atoms with Crippen molar-refractivity contribution in [2.24, 2.45) is 0 Å². The first-order chi connectivity index (χ1) is 12.8. The van der Waals surface area contributed by atoms with E-state index in [1.54, 1.807) is 6.33 Å². The summed E-state index contributed by atoms with van der Waals surface area (Å²) in [7, 11) is 0. The molecule has 2 aromatic heterocycles. The van der Waals surface area contributed by atoms with Crippen LogP contribution < -0.4 is 5.32 Å². The number of aliphatic hydroxyl groups excluding tert-OH is 2. The van der Waals surface area contributed by atoms with Gasteiger partial charge in [-0.3, -0.25) is 9.47 Å². The molecule has 2 atom stereocenters. The Morgan fingerprint density at radius 2 is 2.00 bits per heavy atom. The van der Waals surface area contributed by atoms with Gasteiger partial charge in [0.1, 0.15) is 12.6 Å². The average Bonchev–Trinajstić information content (AvgIpc) is 3.36. The summed E-state index contributed by atoms with van der Waals surface area (Å²) in [6.45, 7) is 1.96. The lowest BCUT2D eigenvalue weighted by atomic mass is 10.1. The van der Waals surface area contributed by atoms with Crippen LogP contribution in [0.3, 0.4) is 0 Å². The van der Waals surface area contributed by atoms with E-state index < -0.39 is 0 Å². The third-order valence-electron chi connectivity index (χ3n) is 5.30. The smallest absolute Gasteiger partial charge is 0.167 e. The fourth-order valence-electron chi connectivity index (χ4n) is 4.03. The van der Waals surface area contributed by atoms with Gasteiger partial charge in [-0.2, -0.15) is 0 Å². The lowest BCUT2D eigenvalue weighted by Gasteiger charge is -2.40. The minimum absolute atomic E-state index is 0.00460. The van der Waals surface area contributed by atoms with E-state index >= 15 is 0 Å². The van der Waals surface area contributed by atoms with E-state index in [4.69, 9.17) is 9.84 Å². The number of nitrogens with zero attached hydrogens (tertiary/aromatic N) is 5. The molecule has 0 spiro atoms. The van der Waals surface area contributed by atoms with Crippen LogP contribution in [0.1, 0.15) is 31.9 Å². The summed E-state index contributed by atoms with van der Waals surface area (Å²) in [5.74, 6) is 0.602. The Bertz CT molecular complexity index is 732. The quantitative estimate of drug-likeness (QED) is 0.676. The number of aliphatic hydroxyl groups is 2. The Kier molecular flexibility index (Phi) is 5.30. The fraction of sp³-hybridized carbons (Fsp3) is 0.706.